The average Bonchev–Trinajstić information content (AvgIpc) is 3.13. The zero-order valence-electron chi connectivity index (χ0n) is 15.6. The van der Waals surface area contributed by atoms with Crippen molar-refractivity contribution in [1.29, 1.82) is 0 Å². The molecule has 1 atom stereocenters. The van der Waals surface area contributed by atoms with Gasteiger partial charge in [-0.1, -0.05) is 37.3 Å². The summed E-state index contributed by atoms with van der Waals surface area (Å²) < 4.78 is 0. The van der Waals surface area contributed by atoms with Crippen molar-refractivity contribution in [2.75, 3.05) is 0 Å². The van der Waals surface area contributed by atoms with Gasteiger partial charge in [-0.05, 0) is 36.6 Å². The van der Waals surface area contributed by atoms with Gasteiger partial charge < -0.3 is 0 Å². The molecule has 0 saturated carbocycles. The Kier molecular flexibility index (Phi) is 4.67. The smallest absolute Gasteiger partial charge is 0.243 e. The lowest BCUT2D eigenvalue weighted by Crippen LogP contribution is -2.26. The first-order valence-corrected chi connectivity index (χ1v) is 9.33. The van der Waals surface area contributed by atoms with Crippen molar-refractivity contribution in [2.24, 2.45) is 5.10 Å². The van der Waals surface area contributed by atoms with E-state index in [0.29, 0.717) is 12.8 Å². The predicted molar refractivity (Wildman–Crippen MR) is 106 cm³/mol. The summed E-state index contributed by atoms with van der Waals surface area (Å²) in [5, 5.41) is 6.41. The lowest BCUT2D eigenvalue weighted by Gasteiger charge is -2.22. The Hall–Kier alpha value is -3.08. The van der Waals surface area contributed by atoms with Crippen LogP contribution in [0, 0.1) is 6.92 Å². The molecule has 1 amide bonds. The molecule has 0 fully saturated rings. The number of aromatic nitrogens is 2. The minimum atomic E-state index is -0.106. The number of benzene rings is 2. The molecule has 5 heteroatoms. The highest BCUT2D eigenvalue weighted by Gasteiger charge is 2.33. The molecule has 0 bridgehead atoms. The number of rotatable bonds is 4. The molecule has 0 radical (unpaired) electrons. The summed E-state index contributed by atoms with van der Waals surface area (Å²) >= 11 is 0. The van der Waals surface area contributed by atoms with Crippen LogP contribution in [-0.2, 0) is 4.79 Å². The zero-order valence-corrected chi connectivity index (χ0v) is 15.6. The minimum Gasteiger partial charge on any atom is -0.273 e. The van der Waals surface area contributed by atoms with Crippen molar-refractivity contribution >= 4 is 22.7 Å². The summed E-state index contributed by atoms with van der Waals surface area (Å²) in [5.74, 6) is 0.0605. The number of carbonyl (C=O) groups excluding carboxylic acids is 1. The van der Waals surface area contributed by atoms with Crippen LogP contribution in [0.1, 0.15) is 48.9 Å². The molecule has 4 rings (SSSR count). The molecule has 3 aromatic rings. The van der Waals surface area contributed by atoms with E-state index in [-0.39, 0.29) is 11.9 Å². The quantitative estimate of drug-likeness (QED) is 0.694. The average molecular weight is 358 g/mol. The van der Waals surface area contributed by atoms with Crippen LogP contribution in [0.15, 0.2) is 60.0 Å². The summed E-state index contributed by atoms with van der Waals surface area (Å²) in [6.45, 7) is 4.09. The van der Waals surface area contributed by atoms with E-state index in [1.165, 1.54) is 5.56 Å². The Balaban J connectivity index is 1.74. The van der Waals surface area contributed by atoms with Gasteiger partial charge in [-0.25, -0.2) is 5.01 Å². The van der Waals surface area contributed by atoms with E-state index >= 15 is 0 Å². The third kappa shape index (κ3) is 3.33. The number of carbonyl (C=O) groups is 1. The van der Waals surface area contributed by atoms with Gasteiger partial charge >= 0.3 is 0 Å². The zero-order chi connectivity index (χ0) is 18.8. The summed E-state index contributed by atoms with van der Waals surface area (Å²) in [6, 6.07) is 14.1. The summed E-state index contributed by atoms with van der Waals surface area (Å²) in [6.07, 6.45) is 5.38. The van der Waals surface area contributed by atoms with Gasteiger partial charge in [0.15, 0.2) is 0 Å². The Labute approximate surface area is 158 Å². The van der Waals surface area contributed by atoms with Gasteiger partial charge in [-0.15, -0.1) is 0 Å². The Bertz CT molecular complexity index is 1030. The third-order valence-corrected chi connectivity index (χ3v) is 4.96. The molecule has 2 aromatic carbocycles. The maximum atomic E-state index is 12.7. The fourth-order valence-electron chi connectivity index (χ4n) is 3.58. The fraction of sp³-hybridized carbons (Fsp3) is 0.273. The van der Waals surface area contributed by atoms with E-state index in [9.17, 15) is 4.79 Å². The summed E-state index contributed by atoms with van der Waals surface area (Å²) in [5.41, 5.74) is 5.97. The van der Waals surface area contributed by atoms with Gasteiger partial charge in [-0.2, -0.15) is 5.10 Å². The van der Waals surface area contributed by atoms with E-state index in [4.69, 9.17) is 5.10 Å². The fourth-order valence-corrected chi connectivity index (χ4v) is 3.58. The predicted octanol–water partition coefficient (Wildman–Crippen LogP) is 4.42. The van der Waals surface area contributed by atoms with Crippen molar-refractivity contribution in [2.45, 2.75) is 39.2 Å². The molecule has 1 aromatic heterocycles. The number of hydrogen-bond donors (Lipinski definition) is 0. The second kappa shape index (κ2) is 7.27. The molecule has 5 nitrogen and oxygen atoms in total. The van der Waals surface area contributed by atoms with Crippen molar-refractivity contribution < 1.29 is 4.79 Å². The lowest BCUT2D eigenvalue weighted by atomic mass is 9.96. The van der Waals surface area contributed by atoms with E-state index in [2.05, 4.69) is 29.0 Å². The highest BCUT2D eigenvalue weighted by atomic mass is 16.2. The van der Waals surface area contributed by atoms with Gasteiger partial charge in [0, 0.05) is 30.8 Å². The molecule has 0 aliphatic carbocycles. The number of nitrogens with zero attached hydrogens (tertiary/aromatic N) is 4. The van der Waals surface area contributed by atoms with Crippen LogP contribution in [0.3, 0.4) is 0 Å². The third-order valence-electron chi connectivity index (χ3n) is 4.96. The number of hydrazone groups is 1. The van der Waals surface area contributed by atoms with Crippen LogP contribution in [0.2, 0.25) is 0 Å². The van der Waals surface area contributed by atoms with Gasteiger partial charge in [0.05, 0.1) is 22.8 Å². The molecule has 1 aliphatic heterocycles. The Morgan fingerprint density at radius 3 is 2.67 bits per heavy atom. The number of hydrogen-bond acceptors (Lipinski definition) is 4. The van der Waals surface area contributed by atoms with Crippen molar-refractivity contribution in [1.82, 2.24) is 15.0 Å². The Morgan fingerprint density at radius 1 is 1.11 bits per heavy atom. The second-order valence-corrected chi connectivity index (χ2v) is 6.87. The van der Waals surface area contributed by atoms with E-state index in [1.807, 2.05) is 37.3 Å². The van der Waals surface area contributed by atoms with Gasteiger partial charge in [0.1, 0.15) is 0 Å². The maximum absolute atomic E-state index is 12.7. The lowest BCUT2D eigenvalue weighted by molar-refractivity contribution is -0.133. The topological polar surface area (TPSA) is 58.5 Å². The van der Waals surface area contributed by atoms with Crippen molar-refractivity contribution in [3.05, 3.63) is 71.5 Å². The molecule has 1 aliphatic rings. The number of amides is 1. The van der Waals surface area contributed by atoms with Crippen molar-refractivity contribution in [3.8, 4) is 0 Å². The van der Waals surface area contributed by atoms with Crippen LogP contribution in [0.4, 0.5) is 0 Å². The first-order chi connectivity index (χ1) is 13.2. The van der Waals surface area contributed by atoms with Crippen molar-refractivity contribution in [3.63, 3.8) is 0 Å². The highest BCUT2D eigenvalue weighted by molar-refractivity contribution is 6.04. The van der Waals surface area contributed by atoms with Gasteiger partial charge in [0.25, 0.3) is 0 Å². The standard InChI is InChI=1S/C22H22N4O/c1-3-6-22(27)26-21(14-19(25-26)17-8-5-4-7-15(17)2)16-9-10-18-20(13-16)24-12-11-23-18/h4-5,7-13,21H,3,6,14H2,1-2H3. The highest BCUT2D eigenvalue weighted by Crippen LogP contribution is 2.34. The first-order valence-electron chi connectivity index (χ1n) is 9.33. The monoisotopic (exact) mass is 358 g/mol. The van der Waals surface area contributed by atoms with E-state index in [0.717, 1.165) is 34.3 Å². The second-order valence-electron chi connectivity index (χ2n) is 6.87. The minimum absolute atomic E-state index is 0.0605. The number of aryl methyl sites for hydroxylation is 1. The molecule has 27 heavy (non-hydrogen) atoms. The largest absolute Gasteiger partial charge is 0.273 e. The van der Waals surface area contributed by atoms with Gasteiger partial charge in [0.2, 0.25) is 5.91 Å². The van der Waals surface area contributed by atoms with E-state index < -0.39 is 0 Å². The normalized spacial score (nSPS) is 16.6. The SMILES string of the molecule is CCCC(=O)N1N=C(c2ccccc2C)CC1c1ccc2nccnc2c1. The summed E-state index contributed by atoms with van der Waals surface area (Å²) in [7, 11) is 0. The molecule has 2 heterocycles. The van der Waals surface area contributed by atoms with Crippen LogP contribution in [0.5, 0.6) is 0 Å². The molecule has 136 valence electrons. The van der Waals surface area contributed by atoms with Crippen LogP contribution >= 0.6 is 0 Å². The Morgan fingerprint density at radius 2 is 1.89 bits per heavy atom. The van der Waals surface area contributed by atoms with Crippen LogP contribution in [-0.4, -0.2) is 26.6 Å². The molecular weight excluding hydrogens is 336 g/mol. The van der Waals surface area contributed by atoms with Crippen LogP contribution in [0.25, 0.3) is 11.0 Å². The number of fused-ring (bicyclic) bond motifs is 1. The molecule has 1 unspecified atom stereocenters. The molecule has 0 N–H and O–H groups in total. The van der Waals surface area contributed by atoms with E-state index in [1.54, 1.807) is 17.4 Å². The molecule has 0 saturated heterocycles. The van der Waals surface area contributed by atoms with Gasteiger partial charge in [-0.3, -0.25) is 14.8 Å². The van der Waals surface area contributed by atoms with Crippen LogP contribution < -0.4 is 0 Å². The maximum Gasteiger partial charge on any atom is 0.243 e. The molecular formula is C22H22N4O. The molecule has 0 spiro atoms. The first kappa shape index (κ1) is 17.3. The summed E-state index contributed by atoms with van der Waals surface area (Å²) in [4.78, 5) is 21.5.